The minimum atomic E-state index is 0.0274. The van der Waals surface area contributed by atoms with Crippen molar-refractivity contribution in [3.63, 3.8) is 0 Å². The number of benzene rings is 1. The Morgan fingerprint density at radius 3 is 2.60 bits per heavy atom. The number of nitrogens with zero attached hydrogens (tertiary/aromatic N) is 2. The van der Waals surface area contributed by atoms with E-state index in [-0.39, 0.29) is 6.04 Å². The van der Waals surface area contributed by atoms with Crippen molar-refractivity contribution in [2.45, 2.75) is 59.5 Å². The Kier molecular flexibility index (Phi) is 4.81. The van der Waals surface area contributed by atoms with E-state index in [9.17, 15) is 0 Å². The Balaban J connectivity index is 2.48. The number of aryl methyl sites for hydroxylation is 2. The maximum absolute atomic E-state index is 6.25. The van der Waals surface area contributed by atoms with E-state index in [2.05, 4.69) is 50.5 Å². The van der Waals surface area contributed by atoms with E-state index in [1.807, 2.05) is 0 Å². The molecule has 0 saturated carbocycles. The van der Waals surface area contributed by atoms with Gasteiger partial charge in [0.15, 0.2) is 0 Å². The zero-order valence-corrected chi connectivity index (χ0v) is 13.2. The Bertz CT molecular complexity index is 569. The molecule has 2 N–H and O–H groups in total. The molecule has 1 heterocycles. The third-order valence-corrected chi connectivity index (χ3v) is 3.95. The van der Waals surface area contributed by atoms with Crippen LogP contribution in [-0.2, 0) is 13.0 Å². The Hall–Kier alpha value is -1.35. The molecule has 0 bridgehead atoms. The summed E-state index contributed by atoms with van der Waals surface area (Å²) in [6.07, 6.45) is 3.13. The summed E-state index contributed by atoms with van der Waals surface area (Å²) in [5, 5.41) is 0. The minimum Gasteiger partial charge on any atom is -0.327 e. The highest BCUT2D eigenvalue weighted by Crippen LogP contribution is 2.24. The van der Waals surface area contributed by atoms with Gasteiger partial charge in [-0.15, -0.1) is 0 Å². The number of hydrogen-bond donors (Lipinski definition) is 1. The maximum Gasteiger partial charge on any atom is 0.126 e. The van der Waals surface area contributed by atoms with Crippen LogP contribution in [0, 0.1) is 5.92 Å². The smallest absolute Gasteiger partial charge is 0.126 e. The summed E-state index contributed by atoms with van der Waals surface area (Å²) in [5.74, 6) is 1.73. The average Bonchev–Trinajstić information content (AvgIpc) is 2.81. The van der Waals surface area contributed by atoms with Crippen LogP contribution in [-0.4, -0.2) is 9.55 Å². The van der Waals surface area contributed by atoms with E-state index < -0.39 is 0 Å². The van der Waals surface area contributed by atoms with Crippen molar-refractivity contribution < 1.29 is 0 Å². The van der Waals surface area contributed by atoms with Crippen molar-refractivity contribution in [3.8, 4) is 0 Å². The first-order valence-corrected chi connectivity index (χ1v) is 7.81. The molecule has 0 spiro atoms. The molecule has 1 aromatic carbocycles. The lowest BCUT2D eigenvalue weighted by molar-refractivity contribution is 0.496. The fourth-order valence-electron chi connectivity index (χ4n) is 2.50. The van der Waals surface area contributed by atoms with E-state index in [0.717, 1.165) is 37.1 Å². The van der Waals surface area contributed by atoms with E-state index in [1.54, 1.807) is 0 Å². The molecule has 0 aliphatic rings. The predicted molar refractivity (Wildman–Crippen MR) is 85.8 cm³/mol. The molecular weight excluding hydrogens is 246 g/mol. The number of rotatable bonds is 6. The molecule has 1 aromatic heterocycles. The largest absolute Gasteiger partial charge is 0.327 e. The fourth-order valence-corrected chi connectivity index (χ4v) is 2.50. The predicted octanol–water partition coefficient (Wildman–Crippen LogP) is 4.05. The first-order chi connectivity index (χ1) is 9.56. The fraction of sp³-hybridized carbons (Fsp3) is 0.588. The van der Waals surface area contributed by atoms with Gasteiger partial charge in [0.25, 0.3) is 0 Å². The summed E-state index contributed by atoms with van der Waals surface area (Å²) in [6.45, 7) is 9.81. The van der Waals surface area contributed by atoms with Crippen LogP contribution in [0.25, 0.3) is 11.0 Å². The van der Waals surface area contributed by atoms with Crippen molar-refractivity contribution in [2.24, 2.45) is 11.7 Å². The highest BCUT2D eigenvalue weighted by atomic mass is 15.1. The number of fused-ring (bicyclic) bond motifs is 1. The Morgan fingerprint density at radius 1 is 1.25 bits per heavy atom. The molecule has 1 atom stereocenters. The van der Waals surface area contributed by atoms with Crippen LogP contribution in [0.2, 0.25) is 0 Å². The van der Waals surface area contributed by atoms with Gasteiger partial charge in [-0.25, -0.2) is 4.98 Å². The molecule has 3 nitrogen and oxygen atoms in total. The normalized spacial score (nSPS) is 13.3. The van der Waals surface area contributed by atoms with Gasteiger partial charge in [0, 0.05) is 6.54 Å². The van der Waals surface area contributed by atoms with Gasteiger partial charge in [0.1, 0.15) is 5.82 Å². The van der Waals surface area contributed by atoms with Crippen molar-refractivity contribution >= 4 is 11.0 Å². The quantitative estimate of drug-likeness (QED) is 0.862. The highest BCUT2D eigenvalue weighted by Gasteiger charge is 2.16. The molecule has 2 rings (SSSR count). The van der Waals surface area contributed by atoms with E-state index >= 15 is 0 Å². The van der Waals surface area contributed by atoms with Gasteiger partial charge in [-0.2, -0.15) is 0 Å². The molecule has 0 radical (unpaired) electrons. The summed E-state index contributed by atoms with van der Waals surface area (Å²) in [6, 6.07) is 6.64. The second kappa shape index (κ2) is 6.40. The lowest BCUT2D eigenvalue weighted by Crippen LogP contribution is -2.16. The summed E-state index contributed by atoms with van der Waals surface area (Å²) in [5.41, 5.74) is 9.90. The topological polar surface area (TPSA) is 43.8 Å². The molecular formula is C17H27N3. The zero-order valence-electron chi connectivity index (χ0n) is 13.2. The van der Waals surface area contributed by atoms with E-state index in [4.69, 9.17) is 10.7 Å². The van der Waals surface area contributed by atoms with Gasteiger partial charge in [-0.1, -0.05) is 33.8 Å². The second-order valence-electron chi connectivity index (χ2n) is 6.00. The van der Waals surface area contributed by atoms with Crippen LogP contribution in [0.15, 0.2) is 18.2 Å². The van der Waals surface area contributed by atoms with Gasteiger partial charge in [-0.3, -0.25) is 0 Å². The van der Waals surface area contributed by atoms with E-state index in [1.165, 1.54) is 11.1 Å². The van der Waals surface area contributed by atoms with Crippen LogP contribution >= 0.6 is 0 Å². The number of imidazole rings is 1. The van der Waals surface area contributed by atoms with Gasteiger partial charge >= 0.3 is 0 Å². The number of hydrogen-bond acceptors (Lipinski definition) is 2. The summed E-state index contributed by atoms with van der Waals surface area (Å²) in [4.78, 5) is 4.81. The van der Waals surface area contributed by atoms with Crippen LogP contribution < -0.4 is 5.73 Å². The molecule has 0 fully saturated rings. The molecule has 110 valence electrons. The lowest BCUT2D eigenvalue weighted by Gasteiger charge is -2.14. The van der Waals surface area contributed by atoms with Gasteiger partial charge in [-0.05, 0) is 42.9 Å². The molecule has 2 aromatic rings. The van der Waals surface area contributed by atoms with Crippen molar-refractivity contribution in [3.05, 3.63) is 29.6 Å². The van der Waals surface area contributed by atoms with Crippen molar-refractivity contribution in [2.75, 3.05) is 0 Å². The Morgan fingerprint density at radius 2 is 2.00 bits per heavy atom. The van der Waals surface area contributed by atoms with Crippen LogP contribution in [0.5, 0.6) is 0 Å². The molecule has 3 heteroatoms. The molecule has 0 aliphatic heterocycles. The van der Waals surface area contributed by atoms with Crippen LogP contribution in [0.3, 0.4) is 0 Å². The average molecular weight is 273 g/mol. The van der Waals surface area contributed by atoms with Crippen molar-refractivity contribution in [1.29, 1.82) is 0 Å². The maximum atomic E-state index is 6.25. The molecule has 0 saturated heterocycles. The van der Waals surface area contributed by atoms with Gasteiger partial charge in [0.05, 0.1) is 17.1 Å². The zero-order chi connectivity index (χ0) is 14.7. The molecule has 0 amide bonds. The summed E-state index contributed by atoms with van der Waals surface area (Å²) >= 11 is 0. The first-order valence-electron chi connectivity index (χ1n) is 7.81. The van der Waals surface area contributed by atoms with Gasteiger partial charge in [0.2, 0.25) is 0 Å². The van der Waals surface area contributed by atoms with Crippen LogP contribution in [0.4, 0.5) is 0 Å². The third kappa shape index (κ3) is 3.04. The monoisotopic (exact) mass is 273 g/mol. The SMILES string of the molecule is CCc1ccc2c(c1)nc(C(N)CC)n2CCC(C)C. The second-order valence-corrected chi connectivity index (χ2v) is 6.00. The summed E-state index contributed by atoms with van der Waals surface area (Å²) < 4.78 is 2.32. The minimum absolute atomic E-state index is 0.0274. The lowest BCUT2D eigenvalue weighted by atomic mass is 10.1. The van der Waals surface area contributed by atoms with Crippen LogP contribution in [0.1, 0.15) is 58.0 Å². The van der Waals surface area contributed by atoms with E-state index in [0.29, 0.717) is 5.92 Å². The number of nitrogens with two attached hydrogens (primary N) is 1. The summed E-state index contributed by atoms with van der Waals surface area (Å²) in [7, 11) is 0. The number of aromatic nitrogens is 2. The Labute approximate surface area is 122 Å². The first kappa shape index (κ1) is 15.0. The van der Waals surface area contributed by atoms with Crippen molar-refractivity contribution in [1.82, 2.24) is 9.55 Å². The highest BCUT2D eigenvalue weighted by molar-refractivity contribution is 5.77. The standard InChI is InChI=1S/C17H27N3/c1-5-13-7-8-16-15(11-13)19-17(14(18)6-2)20(16)10-9-12(3)4/h7-8,11-12,14H,5-6,9-10,18H2,1-4H3. The molecule has 20 heavy (non-hydrogen) atoms. The molecule has 1 unspecified atom stereocenters. The molecule has 0 aliphatic carbocycles. The third-order valence-electron chi connectivity index (χ3n) is 3.95. The van der Waals surface area contributed by atoms with Gasteiger partial charge < -0.3 is 10.3 Å².